The largest absolute Gasteiger partial charge is 0.330 e. The third-order valence-corrected chi connectivity index (χ3v) is 3.25. The van der Waals surface area contributed by atoms with Crippen LogP contribution in [0.1, 0.15) is 31.7 Å². The minimum Gasteiger partial charge on any atom is -0.330 e. The molecule has 0 fully saturated rings. The van der Waals surface area contributed by atoms with Crippen molar-refractivity contribution in [2.45, 2.75) is 37.6 Å². The predicted octanol–water partition coefficient (Wildman–Crippen LogP) is 1.92. The van der Waals surface area contributed by atoms with E-state index in [2.05, 4.69) is 6.07 Å². The van der Waals surface area contributed by atoms with Crippen molar-refractivity contribution in [1.82, 2.24) is 0 Å². The fourth-order valence-electron chi connectivity index (χ4n) is 2.13. The van der Waals surface area contributed by atoms with E-state index in [0.717, 1.165) is 12.0 Å². The molecule has 0 heterocycles. The smallest absolute Gasteiger partial charge is 0.0849 e. The van der Waals surface area contributed by atoms with E-state index in [9.17, 15) is 5.26 Å². The van der Waals surface area contributed by atoms with Crippen LogP contribution in [0.4, 0.5) is 0 Å². The Balaban J connectivity index is 3.05. The van der Waals surface area contributed by atoms with Gasteiger partial charge in [-0.05, 0) is 31.4 Å². The Morgan fingerprint density at radius 2 is 2.00 bits per heavy atom. The molecule has 0 aliphatic carbocycles. The summed E-state index contributed by atoms with van der Waals surface area (Å²) in [6.07, 6.45) is 2.20. The maximum atomic E-state index is 9.54. The van der Waals surface area contributed by atoms with Crippen LogP contribution in [-0.4, -0.2) is 12.6 Å². The maximum Gasteiger partial charge on any atom is 0.0849 e. The first kappa shape index (κ1) is 13.7. The van der Waals surface area contributed by atoms with Crippen molar-refractivity contribution >= 4 is 0 Å². The molecule has 1 rings (SSSR count). The molecule has 2 unspecified atom stereocenters. The van der Waals surface area contributed by atoms with E-state index in [-0.39, 0.29) is 6.04 Å². The number of benzene rings is 1. The fourth-order valence-corrected chi connectivity index (χ4v) is 2.13. The summed E-state index contributed by atoms with van der Waals surface area (Å²) in [5, 5.41) is 9.54. The molecular weight excluding hydrogens is 210 g/mol. The van der Waals surface area contributed by atoms with Gasteiger partial charge in [-0.15, -0.1) is 0 Å². The zero-order valence-electron chi connectivity index (χ0n) is 10.4. The van der Waals surface area contributed by atoms with Gasteiger partial charge in [-0.1, -0.05) is 37.3 Å². The first-order valence-corrected chi connectivity index (χ1v) is 6.11. The summed E-state index contributed by atoms with van der Waals surface area (Å²) in [6.45, 7) is 2.54. The van der Waals surface area contributed by atoms with E-state index in [1.54, 1.807) is 0 Å². The van der Waals surface area contributed by atoms with E-state index >= 15 is 0 Å². The Bertz CT molecular complexity index is 369. The van der Waals surface area contributed by atoms with Crippen molar-refractivity contribution in [2.24, 2.45) is 11.5 Å². The summed E-state index contributed by atoms with van der Waals surface area (Å²) in [7, 11) is 0. The third-order valence-electron chi connectivity index (χ3n) is 3.25. The second-order valence-electron chi connectivity index (χ2n) is 4.47. The van der Waals surface area contributed by atoms with Crippen molar-refractivity contribution in [2.75, 3.05) is 6.54 Å². The molecule has 17 heavy (non-hydrogen) atoms. The highest BCUT2D eigenvalue weighted by atomic mass is 14.6. The summed E-state index contributed by atoms with van der Waals surface area (Å²) in [6, 6.07) is 12.3. The van der Waals surface area contributed by atoms with Gasteiger partial charge in [0.05, 0.1) is 11.5 Å². The Morgan fingerprint density at radius 3 is 2.47 bits per heavy atom. The second kappa shape index (κ2) is 6.39. The topological polar surface area (TPSA) is 75.8 Å². The fraction of sp³-hybridized carbons (Fsp3) is 0.500. The van der Waals surface area contributed by atoms with Crippen molar-refractivity contribution in [3.8, 4) is 6.07 Å². The van der Waals surface area contributed by atoms with Crippen LogP contribution < -0.4 is 11.5 Å². The first-order chi connectivity index (χ1) is 8.18. The highest BCUT2D eigenvalue weighted by Gasteiger charge is 2.32. The first-order valence-electron chi connectivity index (χ1n) is 6.11. The van der Waals surface area contributed by atoms with Gasteiger partial charge >= 0.3 is 0 Å². The van der Waals surface area contributed by atoms with Crippen LogP contribution in [0.15, 0.2) is 30.3 Å². The average molecular weight is 231 g/mol. The Morgan fingerprint density at radius 1 is 1.35 bits per heavy atom. The SMILES string of the molecule is CCC(N)CC(C#N)(CCN)c1ccccc1. The van der Waals surface area contributed by atoms with Gasteiger partial charge in [0.15, 0.2) is 0 Å². The molecule has 0 radical (unpaired) electrons. The normalized spacial score (nSPS) is 15.9. The molecule has 0 saturated carbocycles. The zero-order chi connectivity index (χ0) is 12.7. The Labute approximate surface area is 103 Å². The minimum atomic E-state index is -0.536. The van der Waals surface area contributed by atoms with Crippen molar-refractivity contribution in [3.05, 3.63) is 35.9 Å². The second-order valence-corrected chi connectivity index (χ2v) is 4.47. The number of nitriles is 1. The zero-order valence-corrected chi connectivity index (χ0v) is 10.4. The number of hydrogen-bond acceptors (Lipinski definition) is 3. The van der Waals surface area contributed by atoms with E-state index in [0.29, 0.717) is 19.4 Å². The molecule has 0 aliphatic heterocycles. The molecule has 1 aromatic rings. The minimum absolute atomic E-state index is 0.0430. The van der Waals surface area contributed by atoms with Crippen LogP contribution in [-0.2, 0) is 5.41 Å². The summed E-state index contributed by atoms with van der Waals surface area (Å²) in [4.78, 5) is 0. The molecule has 1 aromatic carbocycles. The van der Waals surface area contributed by atoms with Crippen LogP contribution >= 0.6 is 0 Å². The molecule has 92 valence electrons. The van der Waals surface area contributed by atoms with Crippen LogP contribution in [0.2, 0.25) is 0 Å². The predicted molar refractivity (Wildman–Crippen MR) is 70.3 cm³/mol. The van der Waals surface area contributed by atoms with Crippen LogP contribution in [0.5, 0.6) is 0 Å². The standard InChI is InChI=1S/C14H21N3/c1-2-13(17)10-14(11-16,8-9-15)12-6-4-3-5-7-12/h3-7,13H,2,8-10,15,17H2,1H3. The van der Waals surface area contributed by atoms with E-state index in [4.69, 9.17) is 11.5 Å². The molecule has 0 amide bonds. The molecule has 4 N–H and O–H groups in total. The van der Waals surface area contributed by atoms with E-state index in [1.807, 2.05) is 37.3 Å². The summed E-state index contributed by atoms with van der Waals surface area (Å²) in [5.41, 5.74) is 12.2. The van der Waals surface area contributed by atoms with Gasteiger partial charge in [0, 0.05) is 6.04 Å². The van der Waals surface area contributed by atoms with Gasteiger partial charge in [0.25, 0.3) is 0 Å². The van der Waals surface area contributed by atoms with E-state index < -0.39 is 5.41 Å². The van der Waals surface area contributed by atoms with Crippen LogP contribution in [0, 0.1) is 11.3 Å². The van der Waals surface area contributed by atoms with Gasteiger partial charge in [-0.2, -0.15) is 5.26 Å². The van der Waals surface area contributed by atoms with Gasteiger partial charge in [0.2, 0.25) is 0 Å². The summed E-state index contributed by atoms with van der Waals surface area (Å²) in [5.74, 6) is 0. The quantitative estimate of drug-likeness (QED) is 0.785. The Kier molecular flexibility index (Phi) is 5.14. The van der Waals surface area contributed by atoms with Crippen molar-refractivity contribution in [3.63, 3.8) is 0 Å². The summed E-state index contributed by atoms with van der Waals surface area (Å²) < 4.78 is 0. The van der Waals surface area contributed by atoms with Gasteiger partial charge in [-0.25, -0.2) is 0 Å². The molecular formula is C14H21N3. The lowest BCUT2D eigenvalue weighted by Gasteiger charge is -2.29. The van der Waals surface area contributed by atoms with E-state index in [1.165, 1.54) is 0 Å². The average Bonchev–Trinajstić information content (AvgIpc) is 2.39. The van der Waals surface area contributed by atoms with Gasteiger partial charge < -0.3 is 11.5 Å². The van der Waals surface area contributed by atoms with Crippen LogP contribution in [0.25, 0.3) is 0 Å². The number of hydrogen-bond donors (Lipinski definition) is 2. The molecule has 3 nitrogen and oxygen atoms in total. The lowest BCUT2D eigenvalue weighted by atomic mass is 9.74. The maximum absolute atomic E-state index is 9.54. The van der Waals surface area contributed by atoms with Crippen LogP contribution in [0.3, 0.4) is 0 Å². The molecule has 3 heteroatoms. The lowest BCUT2D eigenvalue weighted by Crippen LogP contribution is -2.35. The Hall–Kier alpha value is -1.37. The number of nitrogens with zero attached hydrogens (tertiary/aromatic N) is 1. The monoisotopic (exact) mass is 231 g/mol. The van der Waals surface area contributed by atoms with Crippen molar-refractivity contribution < 1.29 is 0 Å². The third kappa shape index (κ3) is 3.29. The summed E-state index contributed by atoms with van der Waals surface area (Å²) >= 11 is 0. The number of rotatable bonds is 6. The highest BCUT2D eigenvalue weighted by molar-refractivity contribution is 5.32. The molecule has 0 saturated heterocycles. The van der Waals surface area contributed by atoms with Crippen molar-refractivity contribution in [1.29, 1.82) is 5.26 Å². The molecule has 0 bridgehead atoms. The highest BCUT2D eigenvalue weighted by Crippen LogP contribution is 2.32. The molecule has 0 aliphatic rings. The molecule has 0 aromatic heterocycles. The number of nitrogens with two attached hydrogens (primary N) is 2. The van der Waals surface area contributed by atoms with Gasteiger partial charge in [0.1, 0.15) is 0 Å². The van der Waals surface area contributed by atoms with Gasteiger partial charge in [-0.3, -0.25) is 0 Å². The molecule has 2 atom stereocenters. The lowest BCUT2D eigenvalue weighted by molar-refractivity contribution is 0.414. The molecule has 0 spiro atoms.